The lowest BCUT2D eigenvalue weighted by Gasteiger charge is -2.32. The van der Waals surface area contributed by atoms with Gasteiger partial charge in [0, 0.05) is 13.0 Å². The monoisotopic (exact) mass is 475 g/mol. The summed E-state index contributed by atoms with van der Waals surface area (Å²) in [6.45, 7) is 9.06. The highest BCUT2D eigenvalue weighted by Gasteiger charge is 2.26. The Morgan fingerprint density at radius 1 is 0.914 bits per heavy atom. The van der Waals surface area contributed by atoms with Crippen molar-refractivity contribution in [3.63, 3.8) is 0 Å². The summed E-state index contributed by atoms with van der Waals surface area (Å²) in [7, 11) is 0. The Labute approximate surface area is 207 Å². The minimum atomic E-state index is -0.632. The number of para-hydroxylation sites is 4. The molecule has 1 aliphatic heterocycles. The zero-order valence-electron chi connectivity index (χ0n) is 20.8. The molecule has 0 fully saturated rings. The number of anilines is 2. The quantitative estimate of drug-likeness (QED) is 0.339. The van der Waals surface area contributed by atoms with E-state index in [4.69, 9.17) is 18.9 Å². The topological polar surface area (TPSA) is 57.2 Å². The molecule has 184 valence electrons. The van der Waals surface area contributed by atoms with Crippen molar-refractivity contribution in [2.24, 2.45) is 0 Å². The first-order valence-corrected chi connectivity index (χ1v) is 12.0. The average Bonchev–Trinajstić information content (AvgIpc) is 2.83. The minimum absolute atomic E-state index is 0.342. The summed E-state index contributed by atoms with van der Waals surface area (Å²) in [5.74, 6) is 2.10. The Morgan fingerprint density at radius 2 is 1.51 bits per heavy atom. The summed E-state index contributed by atoms with van der Waals surface area (Å²) >= 11 is 0. The van der Waals surface area contributed by atoms with E-state index in [2.05, 4.69) is 17.0 Å². The van der Waals surface area contributed by atoms with Crippen molar-refractivity contribution in [2.45, 2.75) is 45.8 Å². The van der Waals surface area contributed by atoms with Gasteiger partial charge in [-0.25, -0.2) is 4.79 Å². The van der Waals surface area contributed by atoms with Crippen molar-refractivity contribution >= 4 is 17.3 Å². The maximum Gasteiger partial charge on any atom is 0.336 e. The third-order valence-corrected chi connectivity index (χ3v) is 5.50. The lowest BCUT2D eigenvalue weighted by molar-refractivity contribution is -0.168. The number of hydrogen-bond donors (Lipinski definition) is 0. The molecule has 0 saturated heterocycles. The van der Waals surface area contributed by atoms with E-state index in [0.29, 0.717) is 26.2 Å². The standard InChI is InChI=1S/C29H33NO5/c1-5-32-27(28(31)35-29(2,3)4)20-21-14-16-22(17-15-21)33-19-18-30-23-10-6-8-12-25(23)34-26-13-9-7-11-24(26)30/h6-17,27H,5,18-20H2,1-4H3. The fourth-order valence-electron chi connectivity index (χ4n) is 3.99. The largest absolute Gasteiger partial charge is 0.492 e. The molecule has 6 heteroatoms. The van der Waals surface area contributed by atoms with Crippen molar-refractivity contribution in [3.8, 4) is 17.2 Å². The fraction of sp³-hybridized carbons (Fsp3) is 0.345. The van der Waals surface area contributed by atoms with Crippen molar-refractivity contribution in [3.05, 3.63) is 78.4 Å². The normalized spacial score (nSPS) is 13.3. The third-order valence-electron chi connectivity index (χ3n) is 5.50. The zero-order valence-corrected chi connectivity index (χ0v) is 20.8. The van der Waals surface area contributed by atoms with Crippen LogP contribution in [0.5, 0.6) is 17.2 Å². The van der Waals surface area contributed by atoms with E-state index in [1.54, 1.807) is 0 Å². The number of ether oxygens (including phenoxy) is 4. The van der Waals surface area contributed by atoms with Gasteiger partial charge in [0.15, 0.2) is 17.6 Å². The summed E-state index contributed by atoms with van der Waals surface area (Å²) in [5.41, 5.74) is 2.48. The van der Waals surface area contributed by atoms with Gasteiger partial charge in [-0.05, 0) is 69.7 Å². The van der Waals surface area contributed by atoms with Gasteiger partial charge in [0.25, 0.3) is 0 Å². The Morgan fingerprint density at radius 3 is 2.09 bits per heavy atom. The first-order valence-electron chi connectivity index (χ1n) is 12.0. The zero-order chi connectivity index (χ0) is 24.8. The van der Waals surface area contributed by atoms with Crippen LogP contribution in [-0.4, -0.2) is 37.4 Å². The van der Waals surface area contributed by atoms with Crippen LogP contribution in [-0.2, 0) is 20.7 Å². The van der Waals surface area contributed by atoms with Crippen LogP contribution in [0.25, 0.3) is 0 Å². The van der Waals surface area contributed by atoms with E-state index < -0.39 is 11.7 Å². The highest BCUT2D eigenvalue weighted by Crippen LogP contribution is 2.45. The molecule has 0 amide bonds. The molecule has 1 unspecified atom stereocenters. The predicted molar refractivity (Wildman–Crippen MR) is 137 cm³/mol. The molecule has 4 rings (SSSR count). The van der Waals surface area contributed by atoms with Crippen molar-refractivity contribution in [1.29, 1.82) is 0 Å². The van der Waals surface area contributed by atoms with Gasteiger partial charge in [0.05, 0.1) is 17.9 Å². The summed E-state index contributed by atoms with van der Waals surface area (Å²) in [4.78, 5) is 14.7. The summed E-state index contributed by atoms with van der Waals surface area (Å²) in [6, 6.07) is 23.8. The number of rotatable bonds is 9. The molecule has 6 nitrogen and oxygen atoms in total. The second-order valence-electron chi connectivity index (χ2n) is 9.36. The van der Waals surface area contributed by atoms with Gasteiger partial charge in [-0.1, -0.05) is 36.4 Å². The Kier molecular flexibility index (Phi) is 7.61. The van der Waals surface area contributed by atoms with Gasteiger partial charge in [-0.2, -0.15) is 0 Å². The fourth-order valence-corrected chi connectivity index (χ4v) is 3.99. The van der Waals surface area contributed by atoms with Gasteiger partial charge in [0.1, 0.15) is 18.0 Å². The SMILES string of the molecule is CCOC(Cc1ccc(OCCN2c3ccccc3Oc3ccccc32)cc1)C(=O)OC(C)(C)C. The molecule has 1 heterocycles. The Hall–Kier alpha value is -3.51. The maximum absolute atomic E-state index is 12.5. The predicted octanol–water partition coefficient (Wildman–Crippen LogP) is 6.30. The van der Waals surface area contributed by atoms with Gasteiger partial charge in [-0.3, -0.25) is 0 Å². The van der Waals surface area contributed by atoms with Crippen molar-refractivity contribution in [1.82, 2.24) is 0 Å². The number of carbonyl (C=O) groups is 1. The first kappa shape index (κ1) is 24.6. The summed E-state index contributed by atoms with van der Waals surface area (Å²) < 4.78 is 23.3. The van der Waals surface area contributed by atoms with E-state index in [1.165, 1.54) is 0 Å². The second kappa shape index (κ2) is 10.8. The highest BCUT2D eigenvalue weighted by atomic mass is 16.6. The molecule has 0 saturated carbocycles. The molecule has 0 spiro atoms. The molecule has 0 N–H and O–H groups in total. The maximum atomic E-state index is 12.5. The third kappa shape index (κ3) is 6.34. The molecule has 0 bridgehead atoms. The Bertz CT molecular complexity index is 1090. The molecule has 3 aromatic carbocycles. The molecule has 0 aliphatic carbocycles. The molecule has 0 radical (unpaired) electrons. The van der Waals surface area contributed by atoms with Crippen LogP contribution in [0, 0.1) is 0 Å². The van der Waals surface area contributed by atoms with Crippen molar-refractivity contribution < 1.29 is 23.7 Å². The van der Waals surface area contributed by atoms with Crippen LogP contribution in [0.2, 0.25) is 0 Å². The van der Waals surface area contributed by atoms with Gasteiger partial charge in [-0.15, -0.1) is 0 Å². The highest BCUT2D eigenvalue weighted by molar-refractivity contribution is 5.77. The van der Waals surface area contributed by atoms with Crippen molar-refractivity contribution in [2.75, 3.05) is 24.7 Å². The lowest BCUT2D eigenvalue weighted by atomic mass is 10.1. The average molecular weight is 476 g/mol. The number of nitrogens with zero attached hydrogens (tertiary/aromatic N) is 1. The molecule has 35 heavy (non-hydrogen) atoms. The minimum Gasteiger partial charge on any atom is -0.492 e. The molecule has 3 aromatic rings. The van der Waals surface area contributed by atoms with Crippen LogP contribution in [0.15, 0.2) is 72.8 Å². The van der Waals surface area contributed by atoms with E-state index in [0.717, 1.165) is 34.2 Å². The van der Waals surface area contributed by atoms with Crippen LogP contribution >= 0.6 is 0 Å². The Balaban J connectivity index is 1.37. The van der Waals surface area contributed by atoms with Gasteiger partial charge >= 0.3 is 5.97 Å². The number of esters is 1. The first-order chi connectivity index (χ1) is 16.8. The van der Waals surface area contributed by atoms with Crippen LogP contribution in [0.4, 0.5) is 11.4 Å². The molecular formula is C29H33NO5. The number of carbonyl (C=O) groups excluding carboxylic acids is 1. The number of benzene rings is 3. The smallest absolute Gasteiger partial charge is 0.336 e. The van der Waals surface area contributed by atoms with Crippen LogP contribution < -0.4 is 14.4 Å². The summed E-state index contributed by atoms with van der Waals surface area (Å²) in [6.07, 6.45) is -0.183. The molecule has 1 atom stereocenters. The molecule has 1 aliphatic rings. The molecular weight excluding hydrogens is 442 g/mol. The van der Waals surface area contributed by atoms with Gasteiger partial charge in [0.2, 0.25) is 0 Å². The van der Waals surface area contributed by atoms with Crippen LogP contribution in [0.1, 0.15) is 33.3 Å². The lowest BCUT2D eigenvalue weighted by Crippen LogP contribution is -2.35. The number of hydrogen-bond acceptors (Lipinski definition) is 6. The second-order valence-corrected chi connectivity index (χ2v) is 9.36. The van der Waals surface area contributed by atoms with E-state index in [1.807, 2.05) is 88.4 Å². The number of fused-ring (bicyclic) bond motifs is 2. The molecule has 0 aromatic heterocycles. The summed E-state index contributed by atoms with van der Waals surface area (Å²) in [5, 5.41) is 0. The van der Waals surface area contributed by atoms with Crippen LogP contribution in [0.3, 0.4) is 0 Å². The van der Waals surface area contributed by atoms with E-state index >= 15 is 0 Å². The van der Waals surface area contributed by atoms with E-state index in [9.17, 15) is 4.79 Å². The van der Waals surface area contributed by atoms with Gasteiger partial charge < -0.3 is 23.8 Å². The van der Waals surface area contributed by atoms with E-state index in [-0.39, 0.29) is 5.97 Å².